The van der Waals surface area contributed by atoms with Crippen LogP contribution in [0.5, 0.6) is 0 Å². The van der Waals surface area contributed by atoms with Crippen molar-refractivity contribution in [2.24, 2.45) is 5.92 Å². The average molecular weight is 349 g/mol. The van der Waals surface area contributed by atoms with Crippen molar-refractivity contribution in [3.8, 4) is 22.5 Å². The first-order valence-electron chi connectivity index (χ1n) is 8.86. The lowest BCUT2D eigenvalue weighted by Crippen LogP contribution is -2.19. The summed E-state index contributed by atoms with van der Waals surface area (Å²) in [5.41, 5.74) is 4.00. The maximum absolute atomic E-state index is 11.0. The molecule has 5 heterocycles. The minimum absolute atomic E-state index is 0.476. The molecule has 7 heteroatoms. The summed E-state index contributed by atoms with van der Waals surface area (Å²) in [5.74, 6) is 1.85. The summed E-state index contributed by atoms with van der Waals surface area (Å²) in [4.78, 5) is 13.5. The van der Waals surface area contributed by atoms with E-state index in [1.165, 1.54) is 4.73 Å². The van der Waals surface area contributed by atoms with Crippen LogP contribution in [0.15, 0.2) is 36.8 Å². The topological polar surface area (TPSA) is 85.1 Å². The number of ether oxygens (including phenoxy) is 1. The van der Waals surface area contributed by atoms with Crippen LogP contribution < -0.4 is 5.32 Å². The van der Waals surface area contributed by atoms with Crippen LogP contribution in [0.4, 0.5) is 11.5 Å². The summed E-state index contributed by atoms with van der Waals surface area (Å²) < 4.78 is 6.68. The van der Waals surface area contributed by atoms with E-state index < -0.39 is 0 Å². The van der Waals surface area contributed by atoms with Gasteiger partial charge in [0.2, 0.25) is 0 Å². The van der Waals surface area contributed by atoms with Crippen molar-refractivity contribution >= 4 is 11.5 Å². The second-order valence-corrected chi connectivity index (χ2v) is 6.74. The molecule has 1 saturated heterocycles. The first-order valence-corrected chi connectivity index (χ1v) is 8.86. The SMILES string of the molecule is On1c(CC2CCOCC2)nc2c1-c1cccnc1Nc1cnccc1-2. The zero-order chi connectivity index (χ0) is 17.5. The lowest BCUT2D eigenvalue weighted by molar-refractivity contribution is 0.0636. The Balaban J connectivity index is 1.67. The Kier molecular flexibility index (Phi) is 3.60. The number of nitrogens with zero attached hydrogens (tertiary/aromatic N) is 4. The van der Waals surface area contributed by atoms with Crippen LogP contribution in [-0.4, -0.2) is 38.1 Å². The van der Waals surface area contributed by atoms with E-state index in [1.54, 1.807) is 18.6 Å². The zero-order valence-electron chi connectivity index (χ0n) is 14.2. The van der Waals surface area contributed by atoms with Crippen molar-refractivity contribution in [3.63, 3.8) is 0 Å². The lowest BCUT2D eigenvalue weighted by atomic mass is 9.96. The molecular weight excluding hydrogens is 330 g/mol. The Morgan fingerprint density at radius 3 is 2.96 bits per heavy atom. The van der Waals surface area contributed by atoms with Crippen molar-refractivity contribution < 1.29 is 9.94 Å². The number of rotatable bonds is 2. The third-order valence-electron chi connectivity index (χ3n) is 5.13. The predicted molar refractivity (Wildman–Crippen MR) is 96.4 cm³/mol. The van der Waals surface area contributed by atoms with E-state index in [2.05, 4.69) is 15.3 Å². The standard InChI is InChI=1S/C19H19N5O2/c25-24-16(10-12-4-8-26-9-5-12)23-17-13-3-7-20-11-15(13)22-19-14(18(17)24)2-1-6-21-19/h1-3,6-7,11-12,25H,4-5,8-10H2,(H,21,22). The molecule has 0 bridgehead atoms. The molecule has 1 fully saturated rings. The maximum atomic E-state index is 11.0. The van der Waals surface area contributed by atoms with Gasteiger partial charge in [-0.15, -0.1) is 0 Å². The predicted octanol–water partition coefficient (Wildman–Crippen LogP) is 3.27. The summed E-state index contributed by atoms with van der Waals surface area (Å²) in [6.45, 7) is 1.56. The Labute approximate surface area is 150 Å². The summed E-state index contributed by atoms with van der Waals surface area (Å²) in [6, 6.07) is 5.72. The number of hydrogen-bond acceptors (Lipinski definition) is 6. The molecule has 26 heavy (non-hydrogen) atoms. The van der Waals surface area contributed by atoms with Crippen LogP contribution in [0.3, 0.4) is 0 Å². The smallest absolute Gasteiger partial charge is 0.146 e. The van der Waals surface area contributed by atoms with Gasteiger partial charge in [0.25, 0.3) is 0 Å². The molecule has 2 aliphatic rings. The number of fused-ring (bicyclic) bond motifs is 5. The van der Waals surface area contributed by atoms with Crippen molar-refractivity contribution in [3.05, 3.63) is 42.6 Å². The number of nitrogens with one attached hydrogen (secondary N) is 1. The third kappa shape index (κ3) is 2.43. The first kappa shape index (κ1) is 15.3. The highest BCUT2D eigenvalue weighted by Crippen LogP contribution is 2.42. The largest absolute Gasteiger partial charge is 0.427 e. The zero-order valence-corrected chi connectivity index (χ0v) is 14.2. The molecule has 132 valence electrons. The molecule has 0 atom stereocenters. The van der Waals surface area contributed by atoms with Crippen LogP contribution in [0, 0.1) is 5.92 Å². The van der Waals surface area contributed by atoms with Gasteiger partial charge in [0, 0.05) is 43.2 Å². The van der Waals surface area contributed by atoms with Gasteiger partial charge in [-0.1, -0.05) is 0 Å². The van der Waals surface area contributed by atoms with E-state index in [0.717, 1.165) is 55.0 Å². The number of anilines is 2. The minimum Gasteiger partial charge on any atom is -0.427 e. The molecule has 0 radical (unpaired) electrons. The molecule has 3 aromatic heterocycles. The normalized spacial score (nSPS) is 16.2. The molecular formula is C19H19N5O2. The van der Waals surface area contributed by atoms with E-state index in [9.17, 15) is 5.21 Å². The van der Waals surface area contributed by atoms with Gasteiger partial charge in [0.05, 0.1) is 11.9 Å². The highest BCUT2D eigenvalue weighted by atomic mass is 16.5. The van der Waals surface area contributed by atoms with E-state index >= 15 is 0 Å². The number of aromatic nitrogens is 4. The molecule has 7 nitrogen and oxygen atoms in total. The Bertz CT molecular complexity index is 962. The molecule has 5 rings (SSSR count). The van der Waals surface area contributed by atoms with E-state index in [-0.39, 0.29) is 0 Å². The van der Waals surface area contributed by atoms with Gasteiger partial charge in [0.1, 0.15) is 23.0 Å². The molecule has 0 amide bonds. The molecule has 0 saturated carbocycles. The molecule has 0 unspecified atom stereocenters. The van der Waals surface area contributed by atoms with Crippen molar-refractivity contribution in [2.45, 2.75) is 19.3 Å². The van der Waals surface area contributed by atoms with Gasteiger partial charge in [0.15, 0.2) is 0 Å². The Morgan fingerprint density at radius 2 is 2.08 bits per heavy atom. The van der Waals surface area contributed by atoms with Crippen molar-refractivity contribution in [2.75, 3.05) is 18.5 Å². The first-order chi connectivity index (χ1) is 12.8. The van der Waals surface area contributed by atoms with Crippen molar-refractivity contribution in [1.29, 1.82) is 0 Å². The number of imidazole rings is 1. The quantitative estimate of drug-likeness (QED) is 0.540. The number of hydrogen-bond donors (Lipinski definition) is 2. The summed E-state index contributed by atoms with van der Waals surface area (Å²) >= 11 is 0. The maximum Gasteiger partial charge on any atom is 0.146 e. The minimum atomic E-state index is 0.476. The second-order valence-electron chi connectivity index (χ2n) is 6.74. The fourth-order valence-electron chi connectivity index (χ4n) is 3.75. The third-order valence-corrected chi connectivity index (χ3v) is 5.13. The highest BCUT2D eigenvalue weighted by Gasteiger charge is 2.28. The highest BCUT2D eigenvalue weighted by molar-refractivity contribution is 5.94. The van der Waals surface area contributed by atoms with Crippen LogP contribution in [0.2, 0.25) is 0 Å². The Hall–Kier alpha value is -2.93. The second kappa shape index (κ2) is 6.10. The molecule has 2 N–H and O–H groups in total. The van der Waals surface area contributed by atoms with E-state index in [4.69, 9.17) is 9.72 Å². The molecule has 3 aromatic rings. The summed E-state index contributed by atoms with van der Waals surface area (Å²) in [6.07, 6.45) is 7.96. The fraction of sp³-hybridized carbons (Fsp3) is 0.316. The van der Waals surface area contributed by atoms with E-state index in [1.807, 2.05) is 18.2 Å². The van der Waals surface area contributed by atoms with E-state index in [0.29, 0.717) is 23.3 Å². The van der Waals surface area contributed by atoms with Gasteiger partial charge in [-0.3, -0.25) is 4.98 Å². The lowest BCUT2D eigenvalue weighted by Gasteiger charge is -2.21. The monoisotopic (exact) mass is 349 g/mol. The fourth-order valence-corrected chi connectivity index (χ4v) is 3.75. The molecule has 0 spiro atoms. The van der Waals surface area contributed by atoms with Gasteiger partial charge in [-0.2, -0.15) is 4.73 Å². The van der Waals surface area contributed by atoms with Crippen LogP contribution >= 0.6 is 0 Å². The van der Waals surface area contributed by atoms with Gasteiger partial charge < -0.3 is 15.3 Å². The van der Waals surface area contributed by atoms with Gasteiger partial charge in [-0.05, 0) is 37.0 Å². The van der Waals surface area contributed by atoms with Crippen LogP contribution in [0.25, 0.3) is 22.5 Å². The molecule has 0 aromatic carbocycles. The van der Waals surface area contributed by atoms with Crippen LogP contribution in [0.1, 0.15) is 18.7 Å². The Morgan fingerprint density at radius 1 is 1.19 bits per heavy atom. The van der Waals surface area contributed by atoms with Gasteiger partial charge in [-0.25, -0.2) is 9.97 Å². The molecule has 2 aliphatic heterocycles. The van der Waals surface area contributed by atoms with Crippen molar-refractivity contribution in [1.82, 2.24) is 19.7 Å². The average Bonchev–Trinajstić information content (AvgIpc) is 2.92. The van der Waals surface area contributed by atoms with Gasteiger partial charge >= 0.3 is 0 Å². The summed E-state index contributed by atoms with van der Waals surface area (Å²) in [7, 11) is 0. The molecule has 0 aliphatic carbocycles. The summed E-state index contributed by atoms with van der Waals surface area (Å²) in [5, 5.41) is 14.3. The van der Waals surface area contributed by atoms with Crippen LogP contribution in [-0.2, 0) is 11.2 Å². The number of pyridine rings is 2.